The topological polar surface area (TPSA) is 32.3 Å². The number of hydrogen-bond acceptors (Lipinski definition) is 2. The predicted octanol–water partition coefficient (Wildman–Crippen LogP) is 1.78. The SMILES string of the molecule is CC(NCC#CC(C)(C)C)C(C)(C)O. The molecule has 1 atom stereocenters. The van der Waals surface area contributed by atoms with E-state index in [0.717, 1.165) is 0 Å². The highest BCUT2D eigenvalue weighted by molar-refractivity contribution is 5.08. The maximum Gasteiger partial charge on any atom is 0.0741 e. The molecule has 2 N–H and O–H groups in total. The lowest BCUT2D eigenvalue weighted by Crippen LogP contribution is -2.44. The first-order chi connectivity index (χ1) is 6.13. The van der Waals surface area contributed by atoms with Crippen LogP contribution < -0.4 is 5.32 Å². The van der Waals surface area contributed by atoms with Crippen LogP contribution in [-0.2, 0) is 0 Å². The Morgan fingerprint density at radius 1 is 1.21 bits per heavy atom. The minimum atomic E-state index is -0.691. The summed E-state index contributed by atoms with van der Waals surface area (Å²) in [6.45, 7) is 12.4. The molecule has 1 unspecified atom stereocenters. The third-order valence-electron chi connectivity index (χ3n) is 2.02. The molecule has 0 aromatic carbocycles. The maximum absolute atomic E-state index is 9.63. The van der Waals surface area contributed by atoms with Gasteiger partial charge in [-0.25, -0.2) is 0 Å². The molecule has 14 heavy (non-hydrogen) atoms. The molecule has 0 heterocycles. The van der Waals surface area contributed by atoms with E-state index in [9.17, 15) is 5.11 Å². The minimum absolute atomic E-state index is 0.0526. The number of aliphatic hydroxyl groups is 1. The molecule has 0 aliphatic heterocycles. The van der Waals surface area contributed by atoms with Crippen LogP contribution in [0.1, 0.15) is 41.5 Å². The summed E-state index contributed by atoms with van der Waals surface area (Å²) in [5.74, 6) is 6.19. The molecular weight excluding hydrogens is 174 g/mol. The van der Waals surface area contributed by atoms with Crippen LogP contribution in [0.25, 0.3) is 0 Å². The second-order valence-electron chi connectivity index (χ2n) is 5.31. The van der Waals surface area contributed by atoms with Gasteiger partial charge >= 0.3 is 0 Å². The lowest BCUT2D eigenvalue weighted by molar-refractivity contribution is 0.0459. The lowest BCUT2D eigenvalue weighted by atomic mass is 9.98. The number of rotatable bonds is 3. The smallest absolute Gasteiger partial charge is 0.0741 e. The highest BCUT2D eigenvalue weighted by atomic mass is 16.3. The molecule has 2 heteroatoms. The van der Waals surface area contributed by atoms with Gasteiger partial charge in [-0.2, -0.15) is 0 Å². The molecule has 0 radical (unpaired) electrons. The average molecular weight is 197 g/mol. The van der Waals surface area contributed by atoms with E-state index in [0.29, 0.717) is 6.54 Å². The molecule has 0 saturated carbocycles. The first kappa shape index (κ1) is 13.5. The standard InChI is InChI=1S/C12H23NO/c1-10(12(5,6)14)13-9-7-8-11(2,3)4/h10,13-14H,9H2,1-6H3. The van der Waals surface area contributed by atoms with Crippen LogP contribution in [0, 0.1) is 17.3 Å². The normalized spacial score (nSPS) is 14.5. The summed E-state index contributed by atoms with van der Waals surface area (Å²) >= 11 is 0. The minimum Gasteiger partial charge on any atom is -0.389 e. The fourth-order valence-electron chi connectivity index (χ4n) is 0.763. The van der Waals surface area contributed by atoms with E-state index in [4.69, 9.17) is 0 Å². The van der Waals surface area contributed by atoms with Crippen LogP contribution in [0.3, 0.4) is 0 Å². The zero-order chi connectivity index (χ0) is 11.4. The van der Waals surface area contributed by atoms with Crippen molar-refractivity contribution < 1.29 is 5.11 Å². The molecule has 2 nitrogen and oxygen atoms in total. The number of hydrogen-bond donors (Lipinski definition) is 2. The van der Waals surface area contributed by atoms with Crippen molar-refractivity contribution in [2.24, 2.45) is 5.41 Å². The Balaban J connectivity index is 3.91. The second kappa shape index (κ2) is 4.82. The van der Waals surface area contributed by atoms with Gasteiger partial charge in [0.2, 0.25) is 0 Å². The van der Waals surface area contributed by atoms with E-state index in [2.05, 4.69) is 37.9 Å². The molecule has 0 rings (SSSR count). The Kier molecular flexibility index (Phi) is 4.64. The average Bonchev–Trinajstić information content (AvgIpc) is 1.93. The van der Waals surface area contributed by atoms with E-state index in [-0.39, 0.29) is 11.5 Å². The summed E-state index contributed by atoms with van der Waals surface area (Å²) in [4.78, 5) is 0. The van der Waals surface area contributed by atoms with E-state index in [1.165, 1.54) is 0 Å². The van der Waals surface area contributed by atoms with Crippen LogP contribution in [0.4, 0.5) is 0 Å². The molecule has 0 saturated heterocycles. The molecule has 0 amide bonds. The highest BCUT2D eigenvalue weighted by Gasteiger charge is 2.20. The van der Waals surface area contributed by atoms with Crippen LogP contribution in [-0.4, -0.2) is 23.3 Å². The molecule has 0 aliphatic rings. The molecule has 0 fully saturated rings. The monoisotopic (exact) mass is 197 g/mol. The van der Waals surface area contributed by atoms with Crippen molar-refractivity contribution in [3.05, 3.63) is 0 Å². The van der Waals surface area contributed by atoms with Crippen molar-refractivity contribution in [3.8, 4) is 11.8 Å². The second-order valence-corrected chi connectivity index (χ2v) is 5.31. The Morgan fingerprint density at radius 2 is 1.71 bits per heavy atom. The Labute approximate surface area is 88.1 Å². The third-order valence-corrected chi connectivity index (χ3v) is 2.02. The molecule has 0 aromatic heterocycles. The van der Waals surface area contributed by atoms with Crippen LogP contribution in [0.5, 0.6) is 0 Å². The molecule has 0 bridgehead atoms. The van der Waals surface area contributed by atoms with Gasteiger partial charge in [0.25, 0.3) is 0 Å². The van der Waals surface area contributed by atoms with Crippen LogP contribution in [0.2, 0.25) is 0 Å². The number of nitrogens with one attached hydrogen (secondary N) is 1. The van der Waals surface area contributed by atoms with Gasteiger partial charge in [-0.15, -0.1) is 0 Å². The van der Waals surface area contributed by atoms with Crippen molar-refractivity contribution in [2.75, 3.05) is 6.54 Å². The zero-order valence-electron chi connectivity index (χ0n) is 10.2. The van der Waals surface area contributed by atoms with Gasteiger partial charge in [0, 0.05) is 11.5 Å². The van der Waals surface area contributed by atoms with Crippen molar-refractivity contribution in [1.82, 2.24) is 5.32 Å². The van der Waals surface area contributed by atoms with Crippen LogP contribution >= 0.6 is 0 Å². The van der Waals surface area contributed by atoms with Gasteiger partial charge in [-0.05, 0) is 41.5 Å². The Morgan fingerprint density at radius 3 is 2.07 bits per heavy atom. The Hall–Kier alpha value is -0.520. The highest BCUT2D eigenvalue weighted by Crippen LogP contribution is 2.09. The fourth-order valence-corrected chi connectivity index (χ4v) is 0.763. The fraction of sp³-hybridized carbons (Fsp3) is 0.833. The van der Waals surface area contributed by atoms with Crippen molar-refractivity contribution in [1.29, 1.82) is 0 Å². The van der Waals surface area contributed by atoms with E-state index >= 15 is 0 Å². The maximum atomic E-state index is 9.63. The van der Waals surface area contributed by atoms with Gasteiger partial charge in [-0.3, -0.25) is 0 Å². The summed E-state index contributed by atoms with van der Waals surface area (Å²) in [6.07, 6.45) is 0. The molecule has 0 aromatic rings. The van der Waals surface area contributed by atoms with Crippen molar-refractivity contribution >= 4 is 0 Å². The summed E-state index contributed by atoms with van der Waals surface area (Å²) < 4.78 is 0. The quantitative estimate of drug-likeness (QED) is 0.676. The molecule has 82 valence electrons. The zero-order valence-corrected chi connectivity index (χ0v) is 10.2. The first-order valence-corrected chi connectivity index (χ1v) is 5.09. The lowest BCUT2D eigenvalue weighted by Gasteiger charge is -2.25. The van der Waals surface area contributed by atoms with E-state index in [1.807, 2.05) is 6.92 Å². The summed E-state index contributed by atoms with van der Waals surface area (Å²) in [7, 11) is 0. The predicted molar refractivity (Wildman–Crippen MR) is 61.0 cm³/mol. The van der Waals surface area contributed by atoms with Gasteiger partial charge < -0.3 is 10.4 Å². The van der Waals surface area contributed by atoms with Gasteiger partial charge in [0.15, 0.2) is 0 Å². The Bertz CT molecular complexity index is 221. The van der Waals surface area contributed by atoms with Gasteiger partial charge in [0.05, 0.1) is 12.1 Å². The van der Waals surface area contributed by atoms with Crippen LogP contribution in [0.15, 0.2) is 0 Å². The van der Waals surface area contributed by atoms with Crippen molar-refractivity contribution in [2.45, 2.75) is 53.2 Å². The van der Waals surface area contributed by atoms with E-state index in [1.54, 1.807) is 13.8 Å². The summed E-state index contributed by atoms with van der Waals surface area (Å²) in [5, 5.41) is 12.8. The molecule has 0 spiro atoms. The molecule has 0 aliphatic carbocycles. The van der Waals surface area contributed by atoms with E-state index < -0.39 is 5.60 Å². The summed E-state index contributed by atoms with van der Waals surface area (Å²) in [6, 6.07) is 0.0526. The summed E-state index contributed by atoms with van der Waals surface area (Å²) in [5.41, 5.74) is -0.636. The van der Waals surface area contributed by atoms with Gasteiger partial charge in [-0.1, -0.05) is 11.8 Å². The third kappa shape index (κ3) is 6.94. The van der Waals surface area contributed by atoms with Crippen molar-refractivity contribution in [3.63, 3.8) is 0 Å². The molecular formula is C12H23NO. The van der Waals surface area contributed by atoms with Gasteiger partial charge in [0.1, 0.15) is 0 Å². The first-order valence-electron chi connectivity index (χ1n) is 5.09. The largest absolute Gasteiger partial charge is 0.389 e.